The minimum absolute atomic E-state index is 0.000511. The van der Waals surface area contributed by atoms with Crippen molar-refractivity contribution in [2.45, 2.75) is 218 Å². The fraction of sp³-hybridized carbons (Fsp3) is 0.631. The van der Waals surface area contributed by atoms with Crippen LogP contribution in [0.5, 0.6) is 0 Å². The van der Waals surface area contributed by atoms with Gasteiger partial charge in [0, 0.05) is 43.5 Å². The quantitative estimate of drug-likeness (QED) is 0.0400. The summed E-state index contributed by atoms with van der Waals surface area (Å²) < 4.78 is 0. The number of hydrogen-bond acceptors (Lipinski definition) is 19. The van der Waals surface area contributed by atoms with Gasteiger partial charge in [0.2, 0.25) is 70.9 Å². The molecule has 0 spiro atoms. The normalized spacial score (nSPS) is 23.0. The number of carboxylic acids is 2. The van der Waals surface area contributed by atoms with Crippen molar-refractivity contribution < 1.29 is 77.3 Å². The largest absolute Gasteiger partial charge is 0.481 e. The lowest BCUT2D eigenvalue weighted by Gasteiger charge is -2.30. The van der Waals surface area contributed by atoms with Crippen LogP contribution in [0.3, 0.4) is 0 Å². The Kier molecular flexibility index (Phi) is 34.4. The Balaban J connectivity index is 1.76. The Labute approximate surface area is 579 Å². The second kappa shape index (κ2) is 41.4. The number of carbonyl (C=O) groups excluding carboxylic acids is 12. The van der Waals surface area contributed by atoms with E-state index in [1.807, 2.05) is 27.7 Å². The molecule has 0 saturated carbocycles. The van der Waals surface area contributed by atoms with Crippen molar-refractivity contribution in [1.29, 1.82) is 0 Å². The van der Waals surface area contributed by atoms with Crippen LogP contribution in [0, 0.1) is 23.7 Å². The van der Waals surface area contributed by atoms with E-state index in [4.69, 9.17) is 17.2 Å². The van der Waals surface area contributed by atoms with Gasteiger partial charge >= 0.3 is 11.9 Å². The third-order valence-corrected chi connectivity index (χ3v) is 18.1. The molecule has 2 aromatic rings. The number of aliphatic imine (C=N–C) groups is 1. The molecule has 99 heavy (non-hydrogen) atoms. The van der Waals surface area contributed by atoms with Gasteiger partial charge in [0.25, 0.3) is 0 Å². The molecular formula is C65H101N17O16S. The van der Waals surface area contributed by atoms with Crippen molar-refractivity contribution in [3.8, 4) is 0 Å². The molecule has 548 valence electrons. The third kappa shape index (κ3) is 27.7. The molecule has 1 fully saturated rings. The Hall–Kier alpha value is -9.05. The molecule has 4 rings (SSSR count). The highest BCUT2D eigenvalue weighted by Crippen LogP contribution is 2.25. The van der Waals surface area contributed by atoms with Gasteiger partial charge in [-0.2, -0.15) is 0 Å². The summed E-state index contributed by atoms with van der Waals surface area (Å²) >= 11 is 1.35. The Bertz CT molecular complexity index is 3140. The van der Waals surface area contributed by atoms with Crippen molar-refractivity contribution in [2.24, 2.45) is 45.9 Å². The monoisotopic (exact) mass is 1410 g/mol. The average Bonchev–Trinajstić information content (AvgIpc) is 1.62. The lowest BCUT2D eigenvalue weighted by Crippen LogP contribution is -2.62. The van der Waals surface area contributed by atoms with Gasteiger partial charge in [-0.25, -0.2) is 4.98 Å². The summed E-state index contributed by atoms with van der Waals surface area (Å²) in [7, 11) is 0. The second-order valence-electron chi connectivity index (χ2n) is 25.8. The van der Waals surface area contributed by atoms with E-state index in [1.54, 1.807) is 58.0 Å². The molecule has 34 heteroatoms. The van der Waals surface area contributed by atoms with Crippen LogP contribution in [0.2, 0.25) is 0 Å². The molecule has 1 aromatic carbocycles. The zero-order valence-electron chi connectivity index (χ0n) is 57.4. The number of nitrogens with two attached hydrogens (primary N) is 3. The van der Waals surface area contributed by atoms with Gasteiger partial charge in [0.15, 0.2) is 0 Å². The first-order valence-electron chi connectivity index (χ1n) is 33.6. The smallest absolute Gasteiger partial charge is 0.305 e. The number of aromatic amines is 1. The van der Waals surface area contributed by atoms with Crippen LogP contribution in [0.4, 0.5) is 0 Å². The number of benzene rings is 1. The molecule has 14 atom stereocenters. The van der Waals surface area contributed by atoms with Gasteiger partial charge in [0.05, 0.1) is 30.3 Å². The number of imidazole rings is 1. The Morgan fingerprint density at radius 3 is 1.85 bits per heavy atom. The lowest BCUT2D eigenvalue weighted by molar-refractivity contribution is -0.142. The zero-order chi connectivity index (χ0) is 73.6. The van der Waals surface area contributed by atoms with Gasteiger partial charge in [-0.1, -0.05) is 98.6 Å². The predicted molar refractivity (Wildman–Crippen MR) is 365 cm³/mol. The van der Waals surface area contributed by atoms with Crippen LogP contribution < -0.4 is 75.7 Å². The predicted octanol–water partition coefficient (Wildman–Crippen LogP) is -2.07. The van der Waals surface area contributed by atoms with E-state index >= 15 is 0 Å². The number of aromatic nitrogens is 2. The van der Waals surface area contributed by atoms with E-state index in [-0.39, 0.29) is 88.5 Å². The van der Waals surface area contributed by atoms with Gasteiger partial charge in [-0.15, -0.1) is 11.8 Å². The Morgan fingerprint density at radius 1 is 0.667 bits per heavy atom. The molecule has 2 aliphatic rings. The van der Waals surface area contributed by atoms with Crippen LogP contribution in [-0.2, 0) is 80.0 Å². The highest BCUT2D eigenvalue weighted by Gasteiger charge is 2.40. The van der Waals surface area contributed by atoms with Crippen LogP contribution in [0.15, 0.2) is 47.8 Å². The molecule has 12 amide bonds. The van der Waals surface area contributed by atoms with Crippen LogP contribution in [0.1, 0.15) is 144 Å². The summed E-state index contributed by atoms with van der Waals surface area (Å²) in [5.41, 5.74) is 18.7. The van der Waals surface area contributed by atoms with Gasteiger partial charge < -0.3 is 90.9 Å². The number of H-pyrrole nitrogens is 1. The van der Waals surface area contributed by atoms with Crippen molar-refractivity contribution in [3.63, 3.8) is 0 Å². The van der Waals surface area contributed by atoms with Gasteiger partial charge in [0.1, 0.15) is 66.5 Å². The number of hydrogen-bond donors (Lipinski definition) is 17. The van der Waals surface area contributed by atoms with E-state index in [2.05, 4.69) is 73.4 Å². The number of primary amides is 1. The van der Waals surface area contributed by atoms with Gasteiger partial charge in [-0.3, -0.25) is 72.1 Å². The number of aliphatic carboxylic acids is 2. The Morgan fingerprint density at radius 2 is 1.26 bits per heavy atom. The molecule has 1 aromatic heterocycles. The lowest BCUT2D eigenvalue weighted by atomic mass is 9.96. The minimum Gasteiger partial charge on any atom is -0.481 e. The average molecular weight is 1410 g/mol. The first-order chi connectivity index (χ1) is 46.8. The van der Waals surface area contributed by atoms with Crippen molar-refractivity contribution in [2.75, 3.05) is 18.8 Å². The summed E-state index contributed by atoms with van der Waals surface area (Å²) in [4.78, 5) is 206. The number of thioether (sulfide) groups is 1. The maximum Gasteiger partial charge on any atom is 0.305 e. The van der Waals surface area contributed by atoms with E-state index in [0.29, 0.717) is 16.3 Å². The molecule has 4 unspecified atom stereocenters. The summed E-state index contributed by atoms with van der Waals surface area (Å²) in [6, 6.07) is -8.38. The third-order valence-electron chi connectivity index (χ3n) is 16.9. The highest BCUT2D eigenvalue weighted by atomic mass is 32.2. The number of nitrogens with zero attached hydrogens (tertiary/aromatic N) is 2. The molecule has 0 bridgehead atoms. The fourth-order valence-corrected chi connectivity index (χ4v) is 11.9. The minimum atomic E-state index is -1.94. The summed E-state index contributed by atoms with van der Waals surface area (Å²) in [5, 5.41) is 48.9. The van der Waals surface area contributed by atoms with Crippen molar-refractivity contribution >= 4 is 99.6 Å². The first kappa shape index (κ1) is 82.4. The molecule has 1 saturated heterocycles. The van der Waals surface area contributed by atoms with Gasteiger partial charge in [-0.05, 0) is 80.7 Å². The first-order valence-corrected chi connectivity index (χ1v) is 34.5. The number of amides is 12. The van der Waals surface area contributed by atoms with Crippen LogP contribution >= 0.6 is 11.8 Å². The number of carboxylic acid groups (broad SMARTS) is 2. The topological polar surface area (TPSA) is 531 Å². The summed E-state index contributed by atoms with van der Waals surface area (Å²) in [5.74, 6) is -15.5. The van der Waals surface area contributed by atoms with Crippen LogP contribution in [0.25, 0.3) is 0 Å². The van der Waals surface area contributed by atoms with Crippen molar-refractivity contribution in [3.05, 3.63) is 54.1 Å². The number of rotatable bonds is 30. The molecular weight excluding hydrogens is 1310 g/mol. The standard InChI is InChI=1S/C65H101N17O16S/c1-9-35(7)51(68)65-80-47(31-99-65)62(96)75-42(25-33(3)4)58(92)73-41(21-22-49(84)85)57(91)82-53(36(8)10-2)64(98)74-39-19-14-15-24-70-54(88)45(28-48(67)83)77-61(95)46(29-50(86)87)78-60(94)44(27-38-30-69-32-71-38)76-59(93)43(26-37-17-12-11-13-18-37)79-63(97)52(34(5)6)81-56(90)40(20-16-23-66)72-55(39)89/h11-13,17-18,30,32-36,39-47,51-53H,9-10,14-16,19-29,31,66,68H2,1-8H3,(H2,67,83)(H,69,71)(H,70,88)(H,72,89)(H,73,92)(H,74,98)(H,75,96)(H,76,93)(H,77,95)(H,78,94)(H,79,97)(H,81,90)(H,82,91)(H,84,85)(H,86,87)/t35-,36-,39?,40?,41+,42-,43+,44?,45-,46+,47-,51-,52?,53-/m0/s1. The number of carbonyl (C=O) groups is 14. The molecule has 0 aliphatic carbocycles. The van der Waals surface area contributed by atoms with E-state index < -0.39 is 193 Å². The molecule has 3 heterocycles. The van der Waals surface area contributed by atoms with E-state index in [0.717, 1.165) is 6.42 Å². The second-order valence-corrected chi connectivity index (χ2v) is 26.9. The molecule has 33 nitrogen and oxygen atoms in total. The maximum atomic E-state index is 14.8. The highest BCUT2D eigenvalue weighted by molar-refractivity contribution is 8.14. The van der Waals surface area contributed by atoms with Crippen LogP contribution in [-0.4, -0.2) is 199 Å². The summed E-state index contributed by atoms with van der Waals surface area (Å²) in [6.07, 6.45) is 0.0672. The summed E-state index contributed by atoms with van der Waals surface area (Å²) in [6.45, 7) is 13.9. The van der Waals surface area contributed by atoms with E-state index in [9.17, 15) is 77.3 Å². The molecule has 0 radical (unpaired) electrons. The maximum absolute atomic E-state index is 14.8. The number of nitrogens with one attached hydrogen (secondary N) is 12. The molecule has 20 N–H and O–H groups in total. The zero-order valence-corrected chi connectivity index (χ0v) is 58.3. The van der Waals surface area contributed by atoms with E-state index in [1.165, 1.54) is 24.3 Å². The van der Waals surface area contributed by atoms with Crippen molar-refractivity contribution in [1.82, 2.24) is 68.5 Å². The SMILES string of the molecule is CC[C@H](C)[C@H](N)C1=N[C@H](C(=O)N[C@@H](CC(C)C)C(=O)N[C@H](CCC(=O)O)C(=O)N[C@H](C(=O)NC2CCCCNC(=O)[C@H](CC(N)=O)NC(=O)[C@@H](CC(=O)O)NC(=O)C(Cc3cnc[nH]3)NC(=O)[C@@H](Cc3ccccc3)NC(=O)C(C(C)C)NC(=O)C(CCCN)NC2=O)[C@@H](C)CC)CS1. The molecule has 2 aliphatic heterocycles. The fourth-order valence-electron chi connectivity index (χ4n) is 10.7.